The van der Waals surface area contributed by atoms with E-state index in [4.69, 9.17) is 0 Å². The molecule has 1 heteroatoms. The molecule has 15 heavy (non-hydrogen) atoms. The van der Waals surface area contributed by atoms with Gasteiger partial charge in [0.2, 0.25) is 0 Å². The van der Waals surface area contributed by atoms with Crippen molar-refractivity contribution in [3.63, 3.8) is 0 Å². The van der Waals surface area contributed by atoms with Gasteiger partial charge in [-0.2, -0.15) is 0 Å². The Morgan fingerprint density at radius 3 is 2.73 bits per heavy atom. The lowest BCUT2D eigenvalue weighted by Gasteiger charge is -2.18. The smallest absolute Gasteiger partial charge is 0.133 e. The zero-order valence-corrected chi connectivity index (χ0v) is 10.2. The third kappa shape index (κ3) is 2.32. The molecule has 0 saturated heterocycles. The van der Waals surface area contributed by atoms with Crippen LogP contribution < -0.4 is 0 Å². The minimum absolute atomic E-state index is 0.422. The van der Waals surface area contributed by atoms with Gasteiger partial charge in [-0.3, -0.25) is 4.79 Å². The summed E-state index contributed by atoms with van der Waals surface area (Å²) in [6.45, 7) is 6.95. The molecule has 1 saturated carbocycles. The lowest BCUT2D eigenvalue weighted by Crippen LogP contribution is -2.11. The van der Waals surface area contributed by atoms with Crippen LogP contribution in [0.1, 0.15) is 59.3 Å². The van der Waals surface area contributed by atoms with Crippen molar-refractivity contribution in [3.8, 4) is 0 Å². The Labute approximate surface area is 92.9 Å². The Hall–Kier alpha value is -0.590. The number of Topliss-reactive ketones (excluding diaryl/α,β-unsaturated/α-hetero) is 1. The number of hydrogen-bond donors (Lipinski definition) is 0. The molecular weight excluding hydrogens is 184 g/mol. The molecule has 0 aliphatic heterocycles. The number of hydrogen-bond acceptors (Lipinski definition) is 1. The van der Waals surface area contributed by atoms with Gasteiger partial charge in [0.25, 0.3) is 0 Å². The van der Waals surface area contributed by atoms with Crippen LogP contribution in [0, 0.1) is 11.3 Å². The molecule has 0 bridgehead atoms. The normalized spacial score (nSPS) is 35.9. The van der Waals surface area contributed by atoms with E-state index < -0.39 is 0 Å². The molecule has 84 valence electrons. The fourth-order valence-electron chi connectivity index (χ4n) is 3.31. The molecule has 1 nitrogen and oxygen atoms in total. The fourth-order valence-corrected chi connectivity index (χ4v) is 3.31. The van der Waals surface area contributed by atoms with Gasteiger partial charge >= 0.3 is 0 Å². The summed E-state index contributed by atoms with van der Waals surface area (Å²) in [6, 6.07) is 0. The quantitative estimate of drug-likeness (QED) is 0.550. The van der Waals surface area contributed by atoms with E-state index in [1.54, 1.807) is 11.1 Å². The van der Waals surface area contributed by atoms with Crippen LogP contribution in [0.15, 0.2) is 11.1 Å². The molecule has 2 rings (SSSR count). The van der Waals surface area contributed by atoms with Gasteiger partial charge in [0.15, 0.2) is 0 Å². The molecule has 0 amide bonds. The maximum atomic E-state index is 11.7. The van der Waals surface area contributed by atoms with Gasteiger partial charge < -0.3 is 0 Å². The molecule has 0 heterocycles. The zero-order valence-electron chi connectivity index (χ0n) is 10.2. The number of carbonyl (C=O) groups is 1. The summed E-state index contributed by atoms with van der Waals surface area (Å²) in [4.78, 5) is 11.7. The number of rotatable bonds is 0. The van der Waals surface area contributed by atoms with Crippen molar-refractivity contribution in [1.82, 2.24) is 0 Å². The molecule has 0 aromatic rings. The van der Waals surface area contributed by atoms with Gasteiger partial charge in [0, 0.05) is 12.8 Å². The standard InChI is InChI=1S/C14H22O/c1-10-5-4-6-12(15)7-11-8-14(2,3)9-13(10)11/h11H,4-9H2,1-3H3/b13-10-. The average Bonchev–Trinajstić information content (AvgIpc) is 2.39. The molecule has 0 spiro atoms. The number of ketones is 1. The Balaban J connectivity index is 2.27. The van der Waals surface area contributed by atoms with Crippen LogP contribution in [0.3, 0.4) is 0 Å². The minimum Gasteiger partial charge on any atom is -0.300 e. The molecule has 1 atom stereocenters. The van der Waals surface area contributed by atoms with E-state index >= 15 is 0 Å². The first kappa shape index (κ1) is 10.9. The molecule has 0 aromatic heterocycles. The van der Waals surface area contributed by atoms with Crippen LogP contribution in [0.2, 0.25) is 0 Å². The summed E-state index contributed by atoms with van der Waals surface area (Å²) in [5.74, 6) is 1.07. The van der Waals surface area contributed by atoms with Crippen LogP contribution in [-0.4, -0.2) is 5.78 Å². The predicted octanol–water partition coefficient (Wildman–Crippen LogP) is 3.88. The van der Waals surface area contributed by atoms with E-state index in [0.717, 1.165) is 25.7 Å². The van der Waals surface area contributed by atoms with Crippen molar-refractivity contribution >= 4 is 5.78 Å². The minimum atomic E-state index is 0.422. The van der Waals surface area contributed by atoms with Gasteiger partial charge in [0.1, 0.15) is 5.78 Å². The first-order valence-corrected chi connectivity index (χ1v) is 6.18. The highest BCUT2D eigenvalue weighted by Gasteiger charge is 2.37. The van der Waals surface area contributed by atoms with Crippen LogP contribution >= 0.6 is 0 Å². The van der Waals surface area contributed by atoms with Gasteiger partial charge in [-0.1, -0.05) is 25.0 Å². The highest BCUT2D eigenvalue weighted by molar-refractivity contribution is 5.79. The maximum Gasteiger partial charge on any atom is 0.133 e. The number of carbonyl (C=O) groups excluding carboxylic acids is 1. The van der Waals surface area contributed by atoms with Gasteiger partial charge in [0.05, 0.1) is 0 Å². The lowest BCUT2D eigenvalue weighted by atomic mass is 9.87. The second-order valence-corrected chi connectivity index (χ2v) is 6.14. The highest BCUT2D eigenvalue weighted by Crippen LogP contribution is 2.48. The largest absolute Gasteiger partial charge is 0.300 e. The van der Waals surface area contributed by atoms with Crippen LogP contribution in [0.25, 0.3) is 0 Å². The Kier molecular flexibility index (Phi) is 2.74. The lowest BCUT2D eigenvalue weighted by molar-refractivity contribution is -0.119. The first-order valence-electron chi connectivity index (χ1n) is 6.18. The fraction of sp³-hybridized carbons (Fsp3) is 0.786. The van der Waals surface area contributed by atoms with Crippen LogP contribution in [-0.2, 0) is 4.79 Å². The summed E-state index contributed by atoms with van der Waals surface area (Å²) in [7, 11) is 0. The molecule has 2 aliphatic rings. The van der Waals surface area contributed by atoms with Crippen molar-refractivity contribution in [1.29, 1.82) is 0 Å². The van der Waals surface area contributed by atoms with Crippen LogP contribution in [0.4, 0.5) is 0 Å². The van der Waals surface area contributed by atoms with E-state index in [0.29, 0.717) is 17.1 Å². The molecule has 1 fully saturated rings. The van der Waals surface area contributed by atoms with Crippen molar-refractivity contribution in [2.45, 2.75) is 59.3 Å². The highest BCUT2D eigenvalue weighted by atomic mass is 16.1. The van der Waals surface area contributed by atoms with E-state index in [1.807, 2.05) is 0 Å². The van der Waals surface area contributed by atoms with Crippen molar-refractivity contribution < 1.29 is 4.79 Å². The van der Waals surface area contributed by atoms with Crippen LogP contribution in [0.5, 0.6) is 0 Å². The molecule has 0 radical (unpaired) electrons. The average molecular weight is 206 g/mol. The van der Waals surface area contributed by atoms with Crippen molar-refractivity contribution in [2.24, 2.45) is 11.3 Å². The summed E-state index contributed by atoms with van der Waals surface area (Å²) in [5.41, 5.74) is 3.62. The van der Waals surface area contributed by atoms with E-state index in [2.05, 4.69) is 20.8 Å². The van der Waals surface area contributed by atoms with Gasteiger partial charge in [-0.15, -0.1) is 0 Å². The third-order valence-electron chi connectivity index (χ3n) is 3.99. The summed E-state index contributed by atoms with van der Waals surface area (Å²) >= 11 is 0. The predicted molar refractivity (Wildman–Crippen MR) is 62.7 cm³/mol. The second-order valence-electron chi connectivity index (χ2n) is 6.14. The van der Waals surface area contributed by atoms with E-state index in [9.17, 15) is 4.79 Å². The summed E-state index contributed by atoms with van der Waals surface area (Å²) < 4.78 is 0. The van der Waals surface area contributed by atoms with Crippen molar-refractivity contribution in [3.05, 3.63) is 11.1 Å². The van der Waals surface area contributed by atoms with Gasteiger partial charge in [-0.05, 0) is 43.9 Å². The Morgan fingerprint density at radius 1 is 1.27 bits per heavy atom. The monoisotopic (exact) mass is 206 g/mol. The zero-order chi connectivity index (χ0) is 11.1. The number of fused-ring (bicyclic) bond motifs is 1. The SMILES string of the molecule is C/C1=C2\CC(C)(C)CC2CC(=O)CCC1. The van der Waals surface area contributed by atoms with E-state index in [1.165, 1.54) is 12.8 Å². The molecule has 2 aliphatic carbocycles. The topological polar surface area (TPSA) is 17.1 Å². The first-order chi connectivity index (χ1) is 6.98. The molecule has 1 unspecified atom stereocenters. The maximum absolute atomic E-state index is 11.7. The summed E-state index contributed by atoms with van der Waals surface area (Å²) in [6.07, 6.45) is 6.27. The van der Waals surface area contributed by atoms with Gasteiger partial charge in [-0.25, -0.2) is 0 Å². The molecule has 0 N–H and O–H groups in total. The Morgan fingerprint density at radius 2 is 2.00 bits per heavy atom. The summed E-state index contributed by atoms with van der Waals surface area (Å²) in [5, 5.41) is 0. The second kappa shape index (κ2) is 3.77. The van der Waals surface area contributed by atoms with Crippen molar-refractivity contribution in [2.75, 3.05) is 0 Å². The molecule has 0 aromatic carbocycles. The molecular formula is C14H22O. The Bertz CT molecular complexity index is 309. The third-order valence-corrected chi connectivity index (χ3v) is 3.99. The van der Waals surface area contributed by atoms with E-state index in [-0.39, 0.29) is 0 Å². The number of allylic oxidation sites excluding steroid dienone is 2.